The topological polar surface area (TPSA) is 70.2 Å². The molecule has 1 saturated heterocycles. The van der Waals surface area contributed by atoms with Crippen molar-refractivity contribution in [3.05, 3.63) is 84.7 Å². The van der Waals surface area contributed by atoms with E-state index in [0.29, 0.717) is 49.9 Å². The molecular formula is C26H28FN3O4S. The molecule has 3 aromatic rings. The van der Waals surface area contributed by atoms with Crippen LogP contribution in [0.2, 0.25) is 0 Å². The predicted molar refractivity (Wildman–Crippen MR) is 134 cm³/mol. The lowest BCUT2D eigenvalue weighted by atomic mass is 10.2. The quantitative estimate of drug-likeness (QED) is 0.474. The first kappa shape index (κ1) is 24.5. The summed E-state index contributed by atoms with van der Waals surface area (Å²) in [7, 11) is -3.99. The van der Waals surface area contributed by atoms with E-state index in [9.17, 15) is 17.6 Å². The summed E-state index contributed by atoms with van der Waals surface area (Å²) in [6, 6.07) is 21.2. The number of piperazine rings is 1. The molecule has 35 heavy (non-hydrogen) atoms. The summed E-state index contributed by atoms with van der Waals surface area (Å²) in [6.45, 7) is 3.67. The number of hydrogen-bond donors (Lipinski definition) is 0. The molecule has 0 aliphatic carbocycles. The van der Waals surface area contributed by atoms with Gasteiger partial charge in [0.15, 0.2) is 0 Å². The van der Waals surface area contributed by atoms with E-state index in [4.69, 9.17) is 4.74 Å². The van der Waals surface area contributed by atoms with Crippen LogP contribution >= 0.6 is 0 Å². The van der Waals surface area contributed by atoms with Gasteiger partial charge in [0.25, 0.3) is 10.0 Å². The maximum atomic E-state index is 14.2. The van der Waals surface area contributed by atoms with Gasteiger partial charge in [-0.1, -0.05) is 30.3 Å². The highest BCUT2D eigenvalue weighted by molar-refractivity contribution is 7.92. The summed E-state index contributed by atoms with van der Waals surface area (Å²) in [5.41, 5.74) is 0.873. The molecule has 1 fully saturated rings. The second-order valence-corrected chi connectivity index (χ2v) is 9.93. The third kappa shape index (κ3) is 5.57. The van der Waals surface area contributed by atoms with Crippen molar-refractivity contribution >= 4 is 27.3 Å². The summed E-state index contributed by atoms with van der Waals surface area (Å²) in [5.74, 6) is -0.00150. The maximum Gasteiger partial charge on any atom is 0.264 e. The number of rotatable bonds is 8. The van der Waals surface area contributed by atoms with Gasteiger partial charge in [-0.05, 0) is 55.5 Å². The Morgan fingerprint density at radius 2 is 1.54 bits per heavy atom. The zero-order chi connectivity index (χ0) is 24.8. The molecule has 0 saturated carbocycles. The van der Waals surface area contributed by atoms with E-state index in [1.165, 1.54) is 18.2 Å². The smallest absolute Gasteiger partial charge is 0.264 e. The minimum absolute atomic E-state index is 0.103. The molecule has 3 aromatic carbocycles. The van der Waals surface area contributed by atoms with Crippen LogP contribution in [-0.2, 0) is 14.8 Å². The molecule has 1 heterocycles. The van der Waals surface area contributed by atoms with E-state index < -0.39 is 10.0 Å². The van der Waals surface area contributed by atoms with Gasteiger partial charge in [0.2, 0.25) is 5.91 Å². The van der Waals surface area contributed by atoms with Crippen LogP contribution in [0.3, 0.4) is 0 Å². The zero-order valence-corrected chi connectivity index (χ0v) is 20.3. The molecule has 0 atom stereocenters. The van der Waals surface area contributed by atoms with Crippen LogP contribution in [0.4, 0.5) is 15.8 Å². The van der Waals surface area contributed by atoms with Crippen LogP contribution in [0, 0.1) is 5.82 Å². The number of benzene rings is 3. The van der Waals surface area contributed by atoms with E-state index >= 15 is 0 Å². The Morgan fingerprint density at radius 3 is 2.17 bits per heavy atom. The number of anilines is 2. The zero-order valence-electron chi connectivity index (χ0n) is 19.5. The van der Waals surface area contributed by atoms with Crippen LogP contribution in [0.1, 0.15) is 6.92 Å². The van der Waals surface area contributed by atoms with E-state index in [2.05, 4.69) is 0 Å². The Bertz CT molecular complexity index is 1250. The van der Waals surface area contributed by atoms with Gasteiger partial charge in [0.05, 0.1) is 22.9 Å². The molecule has 0 N–H and O–H groups in total. The van der Waals surface area contributed by atoms with Crippen molar-refractivity contribution in [1.29, 1.82) is 0 Å². The van der Waals surface area contributed by atoms with Crippen LogP contribution in [0.25, 0.3) is 0 Å². The fourth-order valence-corrected chi connectivity index (χ4v) is 5.47. The van der Waals surface area contributed by atoms with Crippen molar-refractivity contribution in [2.45, 2.75) is 11.8 Å². The number of halogens is 1. The lowest BCUT2D eigenvalue weighted by molar-refractivity contribution is -0.129. The first-order chi connectivity index (χ1) is 16.9. The summed E-state index contributed by atoms with van der Waals surface area (Å²) in [5, 5.41) is 0. The SMILES string of the molecule is CCOc1ccc(N(CC(=O)N2CCN(c3ccccc3F)CC2)S(=O)(=O)c2ccccc2)cc1. The van der Waals surface area contributed by atoms with Crippen LogP contribution in [-0.4, -0.2) is 58.6 Å². The largest absolute Gasteiger partial charge is 0.494 e. The Hall–Kier alpha value is -3.59. The molecule has 4 rings (SSSR count). The fraction of sp³-hybridized carbons (Fsp3) is 0.269. The van der Waals surface area contributed by atoms with Gasteiger partial charge in [0.1, 0.15) is 18.1 Å². The molecule has 1 aliphatic heterocycles. The molecule has 9 heteroatoms. The Labute approximate surface area is 205 Å². The molecule has 0 spiro atoms. The van der Waals surface area contributed by atoms with E-state index in [1.54, 1.807) is 65.6 Å². The Morgan fingerprint density at radius 1 is 0.914 bits per heavy atom. The summed E-state index contributed by atoms with van der Waals surface area (Å²) >= 11 is 0. The van der Waals surface area contributed by atoms with Crippen molar-refractivity contribution < 1.29 is 22.3 Å². The lowest BCUT2D eigenvalue weighted by Gasteiger charge is -2.37. The highest BCUT2D eigenvalue weighted by Gasteiger charge is 2.30. The minimum Gasteiger partial charge on any atom is -0.494 e. The highest BCUT2D eigenvalue weighted by Crippen LogP contribution is 2.26. The van der Waals surface area contributed by atoms with Crippen LogP contribution in [0.15, 0.2) is 83.8 Å². The van der Waals surface area contributed by atoms with Crippen molar-refractivity contribution in [2.75, 3.05) is 48.5 Å². The number of sulfonamides is 1. The first-order valence-corrected chi connectivity index (χ1v) is 12.9. The van der Waals surface area contributed by atoms with Gasteiger partial charge in [-0.3, -0.25) is 9.10 Å². The fourth-order valence-electron chi connectivity index (χ4n) is 4.04. The van der Waals surface area contributed by atoms with Crippen LogP contribution < -0.4 is 13.9 Å². The summed E-state index contributed by atoms with van der Waals surface area (Å²) in [6.07, 6.45) is 0. The van der Waals surface area contributed by atoms with Crippen molar-refractivity contribution in [3.8, 4) is 5.75 Å². The molecule has 1 aliphatic rings. The van der Waals surface area contributed by atoms with Crippen molar-refractivity contribution in [2.24, 2.45) is 0 Å². The maximum absolute atomic E-state index is 14.2. The number of para-hydroxylation sites is 1. The van der Waals surface area contributed by atoms with E-state index in [-0.39, 0.29) is 23.2 Å². The molecule has 0 bridgehead atoms. The van der Waals surface area contributed by atoms with Gasteiger partial charge in [-0.2, -0.15) is 0 Å². The highest BCUT2D eigenvalue weighted by atomic mass is 32.2. The van der Waals surface area contributed by atoms with Gasteiger partial charge >= 0.3 is 0 Å². The van der Waals surface area contributed by atoms with E-state index in [1.807, 2.05) is 11.8 Å². The summed E-state index contributed by atoms with van der Waals surface area (Å²) in [4.78, 5) is 16.9. The van der Waals surface area contributed by atoms with Gasteiger partial charge in [-0.25, -0.2) is 12.8 Å². The van der Waals surface area contributed by atoms with Crippen molar-refractivity contribution in [3.63, 3.8) is 0 Å². The predicted octanol–water partition coefficient (Wildman–Crippen LogP) is 3.77. The second-order valence-electron chi connectivity index (χ2n) is 8.07. The van der Waals surface area contributed by atoms with Crippen molar-refractivity contribution in [1.82, 2.24) is 4.90 Å². The normalized spacial score (nSPS) is 14.0. The molecule has 184 valence electrons. The number of carbonyl (C=O) groups excluding carboxylic acids is 1. The molecule has 0 unspecified atom stereocenters. The monoisotopic (exact) mass is 497 g/mol. The van der Waals surface area contributed by atoms with Gasteiger partial charge < -0.3 is 14.5 Å². The number of carbonyl (C=O) groups is 1. The molecule has 0 aromatic heterocycles. The van der Waals surface area contributed by atoms with Crippen LogP contribution in [0.5, 0.6) is 5.75 Å². The minimum atomic E-state index is -3.99. The third-order valence-electron chi connectivity index (χ3n) is 5.87. The molecule has 1 amide bonds. The lowest BCUT2D eigenvalue weighted by Crippen LogP contribution is -2.52. The summed E-state index contributed by atoms with van der Waals surface area (Å²) < 4.78 is 47.8. The average Bonchev–Trinajstić information content (AvgIpc) is 2.89. The van der Waals surface area contributed by atoms with Gasteiger partial charge in [0, 0.05) is 26.2 Å². The number of amides is 1. The molecule has 0 radical (unpaired) electrons. The second kappa shape index (κ2) is 10.8. The Kier molecular flexibility index (Phi) is 7.55. The Balaban J connectivity index is 1.53. The average molecular weight is 498 g/mol. The van der Waals surface area contributed by atoms with Gasteiger partial charge in [-0.15, -0.1) is 0 Å². The van der Waals surface area contributed by atoms with E-state index in [0.717, 1.165) is 4.31 Å². The molecule has 7 nitrogen and oxygen atoms in total. The standard InChI is InChI=1S/C26H28FN3O4S/c1-2-34-22-14-12-21(13-15-22)30(35(32,33)23-8-4-3-5-9-23)20-26(31)29-18-16-28(17-19-29)25-11-7-6-10-24(25)27/h3-15H,2,16-20H2,1H3. The third-order valence-corrected chi connectivity index (χ3v) is 7.66. The number of nitrogens with zero attached hydrogens (tertiary/aromatic N) is 3. The molecular weight excluding hydrogens is 469 g/mol. The number of ether oxygens (including phenoxy) is 1. The first-order valence-electron chi connectivity index (χ1n) is 11.5. The number of hydrogen-bond acceptors (Lipinski definition) is 5.